The van der Waals surface area contributed by atoms with Crippen LogP contribution in [0.4, 0.5) is 0 Å². The molecule has 1 aromatic carbocycles. The summed E-state index contributed by atoms with van der Waals surface area (Å²) >= 11 is 0. The van der Waals surface area contributed by atoms with E-state index in [4.69, 9.17) is 0 Å². The van der Waals surface area contributed by atoms with Gasteiger partial charge in [0.15, 0.2) is 6.29 Å². The van der Waals surface area contributed by atoms with Crippen molar-refractivity contribution in [2.24, 2.45) is 0 Å². The van der Waals surface area contributed by atoms with Gasteiger partial charge in [0.1, 0.15) is 0 Å². The number of hydrogen-bond donors (Lipinski definition) is 1. The third-order valence-corrected chi connectivity index (χ3v) is 6.56. The number of carbonyl (C=O) groups is 1. The van der Waals surface area contributed by atoms with E-state index < -0.39 is 10.0 Å². The molecule has 0 spiro atoms. The molecule has 5 nitrogen and oxygen atoms in total. The van der Waals surface area contributed by atoms with Gasteiger partial charge in [-0.15, -0.1) is 0 Å². The lowest BCUT2D eigenvalue weighted by atomic mass is 9.85. The van der Waals surface area contributed by atoms with Gasteiger partial charge in [0.25, 0.3) is 0 Å². The second-order valence-electron chi connectivity index (χ2n) is 6.40. The second-order valence-corrected chi connectivity index (χ2v) is 8.55. The number of aldehydes is 1. The van der Waals surface area contributed by atoms with Crippen LogP contribution in [-0.2, 0) is 10.0 Å². The van der Waals surface area contributed by atoms with E-state index in [9.17, 15) is 13.2 Å². The highest BCUT2D eigenvalue weighted by molar-refractivity contribution is 7.89. The van der Waals surface area contributed by atoms with Crippen LogP contribution >= 0.6 is 0 Å². The van der Waals surface area contributed by atoms with Gasteiger partial charge < -0.3 is 4.98 Å². The van der Waals surface area contributed by atoms with E-state index in [-0.39, 0.29) is 4.90 Å². The van der Waals surface area contributed by atoms with E-state index in [0.717, 1.165) is 30.3 Å². The van der Waals surface area contributed by atoms with Gasteiger partial charge in [-0.05, 0) is 37.0 Å². The molecule has 124 valence electrons. The Morgan fingerprint density at radius 3 is 2.48 bits per heavy atom. The number of aromatic nitrogens is 1. The summed E-state index contributed by atoms with van der Waals surface area (Å²) in [5.74, 6) is 0.366. The molecule has 0 amide bonds. The van der Waals surface area contributed by atoms with Crippen LogP contribution in [0, 0.1) is 0 Å². The summed E-state index contributed by atoms with van der Waals surface area (Å²) in [5, 5.41) is 0.698. The predicted molar refractivity (Wildman–Crippen MR) is 90.4 cm³/mol. The highest BCUT2D eigenvalue weighted by Gasteiger charge is 2.24. The molecule has 0 atom stereocenters. The van der Waals surface area contributed by atoms with Gasteiger partial charge in [-0.25, -0.2) is 12.7 Å². The first-order valence-corrected chi connectivity index (χ1v) is 9.42. The zero-order valence-corrected chi connectivity index (χ0v) is 14.3. The number of benzene rings is 1. The van der Waals surface area contributed by atoms with Gasteiger partial charge in [0, 0.05) is 36.3 Å². The molecule has 23 heavy (non-hydrogen) atoms. The standard InChI is InChI=1S/C17H22N2O3S/c1-19(2)23(21,22)13-8-9-16-14(10-13)15(11-20)17(18-16)12-6-4-3-5-7-12/h8-12,18H,3-7H2,1-2H3. The third-order valence-electron chi connectivity index (χ3n) is 4.75. The first-order chi connectivity index (χ1) is 10.9. The predicted octanol–water partition coefficient (Wildman–Crippen LogP) is 3.28. The Bertz CT molecular complexity index is 831. The maximum Gasteiger partial charge on any atom is 0.242 e. The van der Waals surface area contributed by atoms with Gasteiger partial charge >= 0.3 is 0 Å². The van der Waals surface area contributed by atoms with Crippen LogP contribution in [-0.4, -0.2) is 38.1 Å². The molecule has 1 N–H and O–H groups in total. The zero-order valence-electron chi connectivity index (χ0n) is 13.5. The SMILES string of the molecule is CN(C)S(=O)(=O)c1ccc2[nH]c(C3CCCCC3)c(C=O)c2c1. The number of H-pyrrole nitrogens is 1. The maximum atomic E-state index is 12.3. The Kier molecular flexibility index (Phi) is 4.29. The van der Waals surface area contributed by atoms with Gasteiger partial charge in [0.05, 0.1) is 4.90 Å². The van der Waals surface area contributed by atoms with E-state index in [1.165, 1.54) is 37.7 Å². The Hall–Kier alpha value is -1.66. The molecule has 6 heteroatoms. The van der Waals surface area contributed by atoms with E-state index in [1.54, 1.807) is 18.2 Å². The molecule has 1 fully saturated rings. The van der Waals surface area contributed by atoms with Gasteiger partial charge in [-0.1, -0.05) is 19.3 Å². The quantitative estimate of drug-likeness (QED) is 0.872. The lowest BCUT2D eigenvalue weighted by Gasteiger charge is -2.21. The van der Waals surface area contributed by atoms with Crippen molar-refractivity contribution in [3.63, 3.8) is 0 Å². The molecule has 1 aromatic heterocycles. The molecule has 1 heterocycles. The number of aromatic amines is 1. The molecule has 3 rings (SSSR count). The van der Waals surface area contributed by atoms with Gasteiger partial charge in [0.2, 0.25) is 10.0 Å². The summed E-state index contributed by atoms with van der Waals surface area (Å²) in [6.07, 6.45) is 6.62. The van der Waals surface area contributed by atoms with E-state index in [2.05, 4.69) is 4.98 Å². The minimum Gasteiger partial charge on any atom is -0.358 e. The molecule has 0 radical (unpaired) electrons. The molecular formula is C17H22N2O3S. The molecule has 0 aliphatic heterocycles. The number of sulfonamides is 1. The minimum atomic E-state index is -3.51. The Morgan fingerprint density at radius 2 is 1.87 bits per heavy atom. The number of rotatable bonds is 4. The fraction of sp³-hybridized carbons (Fsp3) is 0.471. The van der Waals surface area contributed by atoms with Crippen molar-refractivity contribution in [2.45, 2.75) is 42.9 Å². The smallest absolute Gasteiger partial charge is 0.242 e. The van der Waals surface area contributed by atoms with E-state index in [1.807, 2.05) is 0 Å². The van der Waals surface area contributed by atoms with E-state index >= 15 is 0 Å². The highest BCUT2D eigenvalue weighted by atomic mass is 32.2. The number of hydrogen-bond acceptors (Lipinski definition) is 3. The summed E-state index contributed by atoms with van der Waals surface area (Å²) in [7, 11) is -0.496. The number of nitrogens with one attached hydrogen (secondary N) is 1. The lowest BCUT2D eigenvalue weighted by Crippen LogP contribution is -2.22. The molecule has 1 aliphatic rings. The minimum absolute atomic E-state index is 0.215. The van der Waals surface area contributed by atoms with Crippen molar-refractivity contribution in [1.82, 2.24) is 9.29 Å². The lowest BCUT2D eigenvalue weighted by molar-refractivity contribution is 0.112. The van der Waals surface area contributed by atoms with Crippen LogP contribution in [0.2, 0.25) is 0 Å². The zero-order chi connectivity index (χ0) is 16.6. The van der Waals surface area contributed by atoms with Crippen molar-refractivity contribution in [3.8, 4) is 0 Å². The third kappa shape index (κ3) is 2.81. The number of fused-ring (bicyclic) bond motifs is 1. The van der Waals surface area contributed by atoms with Crippen molar-refractivity contribution < 1.29 is 13.2 Å². The van der Waals surface area contributed by atoms with Crippen molar-refractivity contribution in [1.29, 1.82) is 0 Å². The van der Waals surface area contributed by atoms with Crippen LogP contribution in [0.25, 0.3) is 10.9 Å². The number of nitrogens with zero attached hydrogens (tertiary/aromatic N) is 1. The Morgan fingerprint density at radius 1 is 1.17 bits per heavy atom. The first kappa shape index (κ1) is 16.2. The molecule has 0 unspecified atom stereocenters. The normalized spacial score (nSPS) is 17.0. The average molecular weight is 334 g/mol. The largest absolute Gasteiger partial charge is 0.358 e. The van der Waals surface area contributed by atoms with Gasteiger partial charge in [-0.3, -0.25) is 4.79 Å². The summed E-state index contributed by atoms with van der Waals surface area (Å²) < 4.78 is 25.8. The molecule has 1 saturated carbocycles. The highest BCUT2D eigenvalue weighted by Crippen LogP contribution is 2.36. The fourth-order valence-electron chi connectivity index (χ4n) is 3.42. The summed E-state index contributed by atoms with van der Waals surface area (Å²) in [4.78, 5) is 15.2. The molecule has 0 bridgehead atoms. The molecule has 1 aliphatic carbocycles. The molecule has 2 aromatic rings. The topological polar surface area (TPSA) is 70.2 Å². The van der Waals surface area contributed by atoms with Gasteiger partial charge in [-0.2, -0.15) is 0 Å². The fourth-order valence-corrected chi connectivity index (χ4v) is 4.35. The monoisotopic (exact) mass is 334 g/mol. The molecular weight excluding hydrogens is 312 g/mol. The first-order valence-electron chi connectivity index (χ1n) is 7.98. The van der Waals surface area contributed by atoms with Crippen LogP contribution in [0.3, 0.4) is 0 Å². The van der Waals surface area contributed by atoms with Crippen molar-refractivity contribution in [2.75, 3.05) is 14.1 Å². The van der Waals surface area contributed by atoms with Crippen LogP contribution in [0.5, 0.6) is 0 Å². The summed E-state index contributed by atoms with van der Waals surface area (Å²) in [6.45, 7) is 0. The average Bonchev–Trinajstić information content (AvgIpc) is 2.93. The second kappa shape index (κ2) is 6.09. The van der Waals surface area contributed by atoms with Crippen molar-refractivity contribution in [3.05, 3.63) is 29.5 Å². The summed E-state index contributed by atoms with van der Waals surface area (Å²) in [5.41, 5.74) is 2.40. The van der Waals surface area contributed by atoms with Crippen LogP contribution < -0.4 is 0 Å². The maximum absolute atomic E-state index is 12.3. The Labute approximate surface area is 136 Å². The van der Waals surface area contributed by atoms with Crippen molar-refractivity contribution >= 4 is 27.2 Å². The summed E-state index contributed by atoms with van der Waals surface area (Å²) in [6, 6.07) is 4.95. The molecule has 0 saturated heterocycles. The number of carbonyl (C=O) groups excluding carboxylic acids is 1. The van der Waals surface area contributed by atoms with Crippen LogP contribution in [0.15, 0.2) is 23.1 Å². The van der Waals surface area contributed by atoms with Crippen LogP contribution in [0.1, 0.15) is 54.1 Å². The Balaban J connectivity index is 2.14. The van der Waals surface area contributed by atoms with E-state index in [0.29, 0.717) is 16.9 Å².